The molecule has 1 aromatic carbocycles. The van der Waals surface area contributed by atoms with Crippen molar-refractivity contribution in [3.8, 4) is 11.5 Å². The highest BCUT2D eigenvalue weighted by molar-refractivity contribution is 5.40. The maximum Gasteiger partial charge on any atom is 0.157 e. The molecule has 0 atom stereocenters. The second-order valence-electron chi connectivity index (χ2n) is 2.69. The minimum Gasteiger partial charge on any atom is -0.504 e. The first-order valence-electron chi connectivity index (χ1n) is 3.61. The molecular formula is C8H12N2O2. The summed E-state index contributed by atoms with van der Waals surface area (Å²) in [5.74, 6) is -0.280. The average molecular weight is 168 g/mol. The lowest BCUT2D eigenvalue weighted by molar-refractivity contribution is 0.403. The molecule has 4 heteroatoms. The topological polar surface area (TPSA) is 92.5 Å². The van der Waals surface area contributed by atoms with Gasteiger partial charge in [0.1, 0.15) is 0 Å². The molecule has 0 aromatic heterocycles. The Kier molecular flexibility index (Phi) is 2.52. The van der Waals surface area contributed by atoms with Gasteiger partial charge in [0.25, 0.3) is 0 Å². The Balaban J connectivity index is 2.82. The highest BCUT2D eigenvalue weighted by atomic mass is 16.3. The molecule has 6 N–H and O–H groups in total. The molecule has 4 nitrogen and oxygen atoms in total. The fourth-order valence-corrected chi connectivity index (χ4v) is 0.968. The van der Waals surface area contributed by atoms with Crippen LogP contribution in [-0.2, 0) is 6.42 Å². The van der Waals surface area contributed by atoms with Gasteiger partial charge in [-0.25, -0.2) is 0 Å². The summed E-state index contributed by atoms with van der Waals surface area (Å²) in [6.45, 7) is 0. The molecule has 66 valence electrons. The number of hydrogen-bond acceptors (Lipinski definition) is 4. The van der Waals surface area contributed by atoms with Crippen LogP contribution in [-0.4, -0.2) is 16.4 Å². The predicted molar refractivity (Wildman–Crippen MR) is 45.6 cm³/mol. The lowest BCUT2D eigenvalue weighted by atomic mass is 10.1. The molecule has 1 rings (SSSR count). The zero-order chi connectivity index (χ0) is 9.14. The third-order valence-corrected chi connectivity index (χ3v) is 1.51. The van der Waals surface area contributed by atoms with E-state index in [1.165, 1.54) is 12.1 Å². The maximum absolute atomic E-state index is 9.08. The highest BCUT2D eigenvalue weighted by Gasteiger charge is 2.02. The fraction of sp³-hybridized carbons (Fsp3) is 0.250. The van der Waals surface area contributed by atoms with Crippen molar-refractivity contribution in [2.24, 2.45) is 11.5 Å². The molecule has 0 radical (unpaired) electrons. The molecule has 0 heterocycles. The van der Waals surface area contributed by atoms with E-state index >= 15 is 0 Å². The molecule has 0 spiro atoms. The first kappa shape index (κ1) is 8.83. The zero-order valence-electron chi connectivity index (χ0n) is 6.57. The Hall–Kier alpha value is -1.26. The van der Waals surface area contributed by atoms with Crippen molar-refractivity contribution in [1.29, 1.82) is 0 Å². The summed E-state index contributed by atoms with van der Waals surface area (Å²) in [4.78, 5) is 0. The molecule has 0 aliphatic heterocycles. The number of hydrogen-bond donors (Lipinski definition) is 4. The summed E-state index contributed by atoms with van der Waals surface area (Å²) in [5, 5.41) is 18.0. The van der Waals surface area contributed by atoms with Crippen LogP contribution in [0.4, 0.5) is 0 Å². The molecule has 0 saturated heterocycles. The van der Waals surface area contributed by atoms with Crippen LogP contribution < -0.4 is 11.5 Å². The van der Waals surface area contributed by atoms with E-state index in [-0.39, 0.29) is 11.5 Å². The van der Waals surface area contributed by atoms with Crippen molar-refractivity contribution < 1.29 is 10.2 Å². The van der Waals surface area contributed by atoms with E-state index in [1.54, 1.807) is 6.07 Å². The van der Waals surface area contributed by atoms with Crippen molar-refractivity contribution in [3.05, 3.63) is 23.8 Å². The van der Waals surface area contributed by atoms with E-state index in [9.17, 15) is 0 Å². The molecular weight excluding hydrogens is 156 g/mol. The third kappa shape index (κ3) is 2.11. The van der Waals surface area contributed by atoms with E-state index < -0.39 is 6.17 Å². The minimum atomic E-state index is -0.436. The molecule has 12 heavy (non-hydrogen) atoms. The van der Waals surface area contributed by atoms with Crippen molar-refractivity contribution in [2.75, 3.05) is 0 Å². The van der Waals surface area contributed by atoms with Crippen LogP contribution in [0.5, 0.6) is 11.5 Å². The molecule has 0 unspecified atom stereocenters. The SMILES string of the molecule is NC(N)Cc1ccc(O)c(O)c1. The Morgan fingerprint density at radius 1 is 1.17 bits per heavy atom. The summed E-state index contributed by atoms with van der Waals surface area (Å²) in [5.41, 5.74) is 11.5. The van der Waals surface area contributed by atoms with E-state index in [0.717, 1.165) is 5.56 Å². The third-order valence-electron chi connectivity index (χ3n) is 1.51. The van der Waals surface area contributed by atoms with Crippen LogP contribution >= 0.6 is 0 Å². The molecule has 0 amide bonds. The molecule has 0 aliphatic rings. The second-order valence-corrected chi connectivity index (χ2v) is 2.69. The standard InChI is InChI=1S/C8H12N2O2/c9-8(10)4-5-1-2-6(11)7(12)3-5/h1-3,8,11-12H,4,9-10H2. The summed E-state index contributed by atoms with van der Waals surface area (Å²) < 4.78 is 0. The van der Waals surface area contributed by atoms with E-state index in [0.29, 0.717) is 6.42 Å². The molecule has 0 bridgehead atoms. The summed E-state index contributed by atoms with van der Waals surface area (Å²) >= 11 is 0. The Labute approximate surface area is 70.4 Å². The van der Waals surface area contributed by atoms with Gasteiger partial charge in [-0.05, 0) is 17.7 Å². The molecule has 0 fully saturated rings. The van der Waals surface area contributed by atoms with Crippen LogP contribution in [0.25, 0.3) is 0 Å². The van der Waals surface area contributed by atoms with Gasteiger partial charge in [-0.15, -0.1) is 0 Å². The van der Waals surface area contributed by atoms with Crippen LogP contribution in [0.1, 0.15) is 5.56 Å². The lowest BCUT2D eigenvalue weighted by Crippen LogP contribution is -2.32. The van der Waals surface area contributed by atoms with E-state index in [1.807, 2.05) is 0 Å². The fourth-order valence-electron chi connectivity index (χ4n) is 0.968. The first-order valence-corrected chi connectivity index (χ1v) is 3.61. The van der Waals surface area contributed by atoms with Crippen LogP contribution in [0, 0.1) is 0 Å². The van der Waals surface area contributed by atoms with Gasteiger partial charge in [0.05, 0.1) is 6.17 Å². The number of phenols is 2. The van der Waals surface area contributed by atoms with Gasteiger partial charge < -0.3 is 21.7 Å². The number of nitrogens with two attached hydrogens (primary N) is 2. The number of phenolic OH excluding ortho intramolecular Hbond substituents is 2. The van der Waals surface area contributed by atoms with Gasteiger partial charge in [-0.3, -0.25) is 0 Å². The van der Waals surface area contributed by atoms with Gasteiger partial charge in [-0.2, -0.15) is 0 Å². The van der Waals surface area contributed by atoms with E-state index in [2.05, 4.69) is 0 Å². The second kappa shape index (κ2) is 3.42. The largest absolute Gasteiger partial charge is 0.504 e. The summed E-state index contributed by atoms with van der Waals surface area (Å²) in [6, 6.07) is 4.52. The monoisotopic (exact) mass is 168 g/mol. The zero-order valence-corrected chi connectivity index (χ0v) is 6.57. The Morgan fingerprint density at radius 3 is 2.33 bits per heavy atom. The number of rotatable bonds is 2. The number of benzene rings is 1. The van der Waals surface area contributed by atoms with Crippen LogP contribution in [0.3, 0.4) is 0 Å². The van der Waals surface area contributed by atoms with Gasteiger partial charge in [0.2, 0.25) is 0 Å². The number of aromatic hydroxyl groups is 2. The predicted octanol–water partition coefficient (Wildman–Crippen LogP) is -0.116. The Morgan fingerprint density at radius 2 is 1.83 bits per heavy atom. The molecule has 0 saturated carbocycles. The van der Waals surface area contributed by atoms with Crippen molar-refractivity contribution in [2.45, 2.75) is 12.6 Å². The lowest BCUT2D eigenvalue weighted by Gasteiger charge is -2.05. The van der Waals surface area contributed by atoms with Crippen molar-refractivity contribution >= 4 is 0 Å². The van der Waals surface area contributed by atoms with Crippen LogP contribution in [0.15, 0.2) is 18.2 Å². The van der Waals surface area contributed by atoms with Gasteiger partial charge >= 0.3 is 0 Å². The molecule has 1 aromatic rings. The quantitative estimate of drug-likeness (QED) is 0.366. The van der Waals surface area contributed by atoms with Gasteiger partial charge in [0, 0.05) is 6.42 Å². The smallest absolute Gasteiger partial charge is 0.157 e. The molecule has 0 aliphatic carbocycles. The van der Waals surface area contributed by atoms with Crippen molar-refractivity contribution in [1.82, 2.24) is 0 Å². The van der Waals surface area contributed by atoms with Crippen molar-refractivity contribution in [3.63, 3.8) is 0 Å². The van der Waals surface area contributed by atoms with E-state index in [4.69, 9.17) is 21.7 Å². The summed E-state index contributed by atoms with van der Waals surface area (Å²) in [7, 11) is 0. The van der Waals surface area contributed by atoms with Crippen LogP contribution in [0.2, 0.25) is 0 Å². The normalized spacial score (nSPS) is 10.6. The summed E-state index contributed by atoms with van der Waals surface area (Å²) in [6.07, 6.45) is 0.0438. The van der Waals surface area contributed by atoms with Gasteiger partial charge in [0.15, 0.2) is 11.5 Å². The minimum absolute atomic E-state index is 0.135. The average Bonchev–Trinajstić information content (AvgIpc) is 1.96. The Bertz CT molecular complexity index is 274. The van der Waals surface area contributed by atoms with Gasteiger partial charge in [-0.1, -0.05) is 6.07 Å². The highest BCUT2D eigenvalue weighted by Crippen LogP contribution is 2.24. The first-order chi connectivity index (χ1) is 5.59. The maximum atomic E-state index is 9.08.